The third-order valence-corrected chi connectivity index (χ3v) is 3.40. The van der Waals surface area contributed by atoms with Gasteiger partial charge in [0.05, 0.1) is 18.2 Å². The van der Waals surface area contributed by atoms with Crippen molar-refractivity contribution in [2.45, 2.75) is 51.4 Å². The van der Waals surface area contributed by atoms with Crippen molar-refractivity contribution in [2.75, 3.05) is 13.1 Å². The maximum Gasteiger partial charge on any atom is 0.239 e. The Morgan fingerprint density at radius 2 is 1.94 bits per heavy atom. The highest BCUT2D eigenvalue weighted by Crippen LogP contribution is 2.26. The number of hydrogen-bond donors (Lipinski definition) is 1. The van der Waals surface area contributed by atoms with Crippen LogP contribution in [-0.2, 0) is 9.53 Å². The van der Waals surface area contributed by atoms with Gasteiger partial charge in [-0.2, -0.15) is 0 Å². The van der Waals surface area contributed by atoms with Gasteiger partial charge in [-0.3, -0.25) is 4.79 Å². The van der Waals surface area contributed by atoms with E-state index in [1.807, 2.05) is 4.90 Å². The quantitative estimate of drug-likeness (QED) is 0.772. The minimum Gasteiger partial charge on any atom is -0.371 e. The summed E-state index contributed by atoms with van der Waals surface area (Å²) in [6.07, 6.45) is 3.47. The highest BCUT2D eigenvalue weighted by Gasteiger charge is 2.36. The van der Waals surface area contributed by atoms with E-state index < -0.39 is 0 Å². The van der Waals surface area contributed by atoms with Crippen molar-refractivity contribution in [3.05, 3.63) is 0 Å². The van der Waals surface area contributed by atoms with Gasteiger partial charge in [0.1, 0.15) is 0 Å². The van der Waals surface area contributed by atoms with Crippen LogP contribution in [0.5, 0.6) is 0 Å². The van der Waals surface area contributed by atoms with Crippen LogP contribution in [0.4, 0.5) is 0 Å². The Labute approximate surface area is 97.1 Å². The molecule has 16 heavy (non-hydrogen) atoms. The Morgan fingerprint density at radius 1 is 1.38 bits per heavy atom. The Morgan fingerprint density at radius 3 is 2.44 bits per heavy atom. The van der Waals surface area contributed by atoms with Crippen LogP contribution in [0.3, 0.4) is 0 Å². The Bertz CT molecular complexity index is 256. The van der Waals surface area contributed by atoms with Crippen LogP contribution in [0.2, 0.25) is 0 Å². The van der Waals surface area contributed by atoms with Crippen molar-refractivity contribution in [2.24, 2.45) is 11.7 Å². The number of carbonyl (C=O) groups excluding carboxylic acids is 1. The second-order valence-corrected chi connectivity index (χ2v) is 5.44. The molecule has 0 aliphatic carbocycles. The number of ether oxygens (including phenoxy) is 1. The van der Waals surface area contributed by atoms with Gasteiger partial charge in [-0.05, 0) is 25.2 Å². The average Bonchev–Trinajstić information content (AvgIpc) is 2.55. The van der Waals surface area contributed by atoms with E-state index in [9.17, 15) is 4.79 Å². The molecular formula is C12H22N2O2. The molecule has 0 aromatic carbocycles. The van der Waals surface area contributed by atoms with Crippen LogP contribution in [0, 0.1) is 5.92 Å². The lowest BCUT2D eigenvalue weighted by molar-refractivity contribution is -0.141. The SMILES string of the molecule is CC(C)CC(N)C(=O)N1CC2CCC(C1)O2. The molecule has 2 aliphatic rings. The molecule has 3 unspecified atom stereocenters. The van der Waals surface area contributed by atoms with Gasteiger partial charge in [-0.15, -0.1) is 0 Å². The van der Waals surface area contributed by atoms with E-state index in [1.165, 1.54) is 0 Å². The van der Waals surface area contributed by atoms with Crippen LogP contribution in [0.15, 0.2) is 0 Å². The fraction of sp³-hybridized carbons (Fsp3) is 0.917. The van der Waals surface area contributed by atoms with E-state index in [4.69, 9.17) is 10.5 Å². The van der Waals surface area contributed by atoms with Crippen LogP contribution in [-0.4, -0.2) is 42.1 Å². The van der Waals surface area contributed by atoms with E-state index >= 15 is 0 Å². The number of fused-ring (bicyclic) bond motifs is 2. The Hall–Kier alpha value is -0.610. The molecule has 2 aliphatic heterocycles. The maximum absolute atomic E-state index is 12.1. The van der Waals surface area contributed by atoms with Crippen LogP contribution in [0.1, 0.15) is 33.1 Å². The molecule has 4 heteroatoms. The second-order valence-electron chi connectivity index (χ2n) is 5.44. The summed E-state index contributed by atoms with van der Waals surface area (Å²) in [6.45, 7) is 5.66. The number of rotatable bonds is 3. The molecule has 2 N–H and O–H groups in total. The molecule has 1 amide bonds. The fourth-order valence-corrected chi connectivity index (χ4v) is 2.64. The summed E-state index contributed by atoms with van der Waals surface area (Å²) in [7, 11) is 0. The van der Waals surface area contributed by atoms with E-state index in [2.05, 4.69) is 13.8 Å². The smallest absolute Gasteiger partial charge is 0.239 e. The summed E-state index contributed by atoms with van der Waals surface area (Å²) in [4.78, 5) is 14.0. The van der Waals surface area contributed by atoms with Crippen molar-refractivity contribution in [1.29, 1.82) is 0 Å². The van der Waals surface area contributed by atoms with Gasteiger partial charge in [-0.25, -0.2) is 0 Å². The fourth-order valence-electron chi connectivity index (χ4n) is 2.64. The summed E-state index contributed by atoms with van der Waals surface area (Å²) >= 11 is 0. The predicted octanol–water partition coefficient (Wildman–Crippen LogP) is 0.750. The van der Waals surface area contributed by atoms with E-state index in [1.54, 1.807) is 0 Å². The number of nitrogens with two attached hydrogens (primary N) is 1. The maximum atomic E-state index is 12.1. The molecule has 4 nitrogen and oxygen atoms in total. The first-order chi connectivity index (χ1) is 7.56. The van der Waals surface area contributed by atoms with Gasteiger partial charge < -0.3 is 15.4 Å². The number of amides is 1. The van der Waals surface area contributed by atoms with Gasteiger partial charge in [0.15, 0.2) is 0 Å². The Kier molecular flexibility index (Phi) is 3.50. The zero-order valence-electron chi connectivity index (χ0n) is 10.2. The summed E-state index contributed by atoms with van der Waals surface area (Å²) in [6, 6.07) is -0.336. The van der Waals surface area contributed by atoms with Crippen molar-refractivity contribution >= 4 is 5.91 Å². The molecule has 2 rings (SSSR count). The summed E-state index contributed by atoms with van der Waals surface area (Å²) in [5.74, 6) is 0.575. The zero-order valence-corrected chi connectivity index (χ0v) is 10.2. The molecule has 2 bridgehead atoms. The van der Waals surface area contributed by atoms with Crippen LogP contribution >= 0.6 is 0 Å². The molecule has 2 saturated heterocycles. The van der Waals surface area contributed by atoms with E-state index in [-0.39, 0.29) is 24.2 Å². The van der Waals surface area contributed by atoms with Crippen molar-refractivity contribution < 1.29 is 9.53 Å². The largest absolute Gasteiger partial charge is 0.371 e. The van der Waals surface area contributed by atoms with Gasteiger partial charge in [-0.1, -0.05) is 13.8 Å². The molecule has 2 fully saturated rings. The lowest BCUT2D eigenvalue weighted by atomic mass is 10.0. The van der Waals surface area contributed by atoms with Gasteiger partial charge in [0.2, 0.25) is 5.91 Å². The number of carbonyl (C=O) groups is 1. The highest BCUT2D eigenvalue weighted by molar-refractivity contribution is 5.81. The number of nitrogens with zero attached hydrogens (tertiary/aromatic N) is 1. The topological polar surface area (TPSA) is 55.6 Å². The number of hydrogen-bond acceptors (Lipinski definition) is 3. The van der Waals surface area contributed by atoms with Crippen molar-refractivity contribution in [3.8, 4) is 0 Å². The standard InChI is InChI=1S/C12H22N2O2/c1-8(2)5-11(13)12(15)14-6-9-3-4-10(7-14)16-9/h8-11H,3-7,13H2,1-2H3. The summed E-state index contributed by atoms with van der Waals surface area (Å²) < 4.78 is 5.70. The average molecular weight is 226 g/mol. The van der Waals surface area contributed by atoms with Crippen LogP contribution in [0.25, 0.3) is 0 Å². The second kappa shape index (κ2) is 4.72. The first-order valence-corrected chi connectivity index (χ1v) is 6.26. The molecular weight excluding hydrogens is 204 g/mol. The lowest BCUT2D eigenvalue weighted by Gasteiger charge is -2.34. The molecule has 0 aromatic rings. The molecule has 0 radical (unpaired) electrons. The normalized spacial score (nSPS) is 30.9. The molecule has 2 heterocycles. The highest BCUT2D eigenvalue weighted by atomic mass is 16.5. The minimum absolute atomic E-state index is 0.105. The zero-order chi connectivity index (χ0) is 11.7. The first kappa shape index (κ1) is 11.9. The minimum atomic E-state index is -0.336. The molecule has 0 spiro atoms. The molecule has 92 valence electrons. The predicted molar refractivity (Wildman–Crippen MR) is 61.9 cm³/mol. The monoisotopic (exact) mass is 226 g/mol. The lowest BCUT2D eigenvalue weighted by Crippen LogP contribution is -2.51. The number of morpholine rings is 1. The molecule has 0 aromatic heterocycles. The summed E-state index contributed by atoms with van der Waals surface area (Å²) in [5.41, 5.74) is 5.93. The molecule has 3 atom stereocenters. The summed E-state index contributed by atoms with van der Waals surface area (Å²) in [5, 5.41) is 0. The van der Waals surface area contributed by atoms with Crippen LogP contribution < -0.4 is 5.73 Å². The van der Waals surface area contributed by atoms with Gasteiger partial charge >= 0.3 is 0 Å². The third kappa shape index (κ3) is 2.55. The van der Waals surface area contributed by atoms with E-state index in [0.717, 1.165) is 32.4 Å². The number of likely N-dealkylation sites (tertiary alicyclic amines) is 1. The van der Waals surface area contributed by atoms with Crippen molar-refractivity contribution in [1.82, 2.24) is 4.90 Å². The third-order valence-electron chi connectivity index (χ3n) is 3.40. The Balaban J connectivity index is 1.89. The van der Waals surface area contributed by atoms with Crippen molar-refractivity contribution in [3.63, 3.8) is 0 Å². The first-order valence-electron chi connectivity index (χ1n) is 6.26. The van der Waals surface area contributed by atoms with Gasteiger partial charge in [0, 0.05) is 13.1 Å². The molecule has 0 saturated carbocycles. The van der Waals surface area contributed by atoms with E-state index in [0.29, 0.717) is 5.92 Å². The van der Waals surface area contributed by atoms with Gasteiger partial charge in [0.25, 0.3) is 0 Å².